The van der Waals surface area contributed by atoms with Crippen LogP contribution in [0.15, 0.2) is 12.1 Å². The lowest BCUT2D eigenvalue weighted by molar-refractivity contribution is -0.137. The van der Waals surface area contributed by atoms with Gasteiger partial charge >= 0.3 is 6.18 Å². The molecule has 0 spiro atoms. The number of hydrogen-bond donors (Lipinski definition) is 0. The largest absolute Gasteiger partial charge is 0.417 e. The number of rotatable bonds is 0. The van der Waals surface area contributed by atoms with Gasteiger partial charge in [0, 0.05) is 12.0 Å². The van der Waals surface area contributed by atoms with Crippen molar-refractivity contribution in [2.45, 2.75) is 19.0 Å². The van der Waals surface area contributed by atoms with Crippen LogP contribution in [0.4, 0.5) is 13.2 Å². The Kier molecular flexibility index (Phi) is 2.26. The van der Waals surface area contributed by atoms with E-state index in [9.17, 15) is 18.0 Å². The Bertz CT molecular complexity index is 437. The van der Waals surface area contributed by atoms with Gasteiger partial charge in [0.15, 0.2) is 5.78 Å². The Morgan fingerprint density at radius 3 is 2.47 bits per heavy atom. The van der Waals surface area contributed by atoms with Crippen LogP contribution >= 0.6 is 11.6 Å². The minimum atomic E-state index is -4.50. The number of hydrogen-bond acceptors (Lipinski definition) is 1. The van der Waals surface area contributed by atoms with Crippen molar-refractivity contribution in [1.82, 2.24) is 0 Å². The third-order valence-corrected chi connectivity index (χ3v) is 2.73. The number of fused-ring (bicyclic) bond motifs is 1. The average Bonchev–Trinajstić information content (AvgIpc) is 2.44. The molecule has 0 saturated heterocycles. The summed E-state index contributed by atoms with van der Waals surface area (Å²) in [5.74, 6) is -0.243. The van der Waals surface area contributed by atoms with E-state index >= 15 is 0 Å². The Morgan fingerprint density at radius 2 is 1.87 bits per heavy atom. The third kappa shape index (κ3) is 1.74. The molecule has 0 bridgehead atoms. The molecule has 0 aromatic heterocycles. The predicted molar refractivity (Wildman–Crippen MR) is 49.1 cm³/mol. The number of carbonyl (C=O) groups is 1. The van der Waals surface area contributed by atoms with Gasteiger partial charge in [0.25, 0.3) is 0 Å². The highest BCUT2D eigenvalue weighted by molar-refractivity contribution is 6.31. The highest BCUT2D eigenvalue weighted by atomic mass is 35.5. The fourth-order valence-electron chi connectivity index (χ4n) is 1.68. The first-order chi connectivity index (χ1) is 6.89. The lowest BCUT2D eigenvalue weighted by Crippen LogP contribution is -2.07. The van der Waals surface area contributed by atoms with Gasteiger partial charge in [-0.1, -0.05) is 11.6 Å². The maximum atomic E-state index is 12.4. The molecular weight excluding hydrogens is 229 g/mol. The number of aryl methyl sites for hydroxylation is 1. The molecule has 0 aliphatic heterocycles. The SMILES string of the molecule is O=C1CCc2cc(Cl)c(C(F)(F)F)cc21. The summed E-state index contributed by atoms with van der Waals surface area (Å²) in [6, 6.07) is 2.09. The number of carbonyl (C=O) groups excluding carboxylic acids is 1. The molecule has 1 aliphatic rings. The zero-order valence-corrected chi connectivity index (χ0v) is 8.24. The molecular formula is C10H6ClF3O. The summed E-state index contributed by atoms with van der Waals surface area (Å²) in [5.41, 5.74) is -0.164. The monoisotopic (exact) mass is 234 g/mol. The zero-order chi connectivity index (χ0) is 11.2. The smallest absolute Gasteiger partial charge is 0.294 e. The van der Waals surface area contributed by atoms with E-state index in [2.05, 4.69) is 0 Å². The van der Waals surface area contributed by atoms with Crippen molar-refractivity contribution in [2.24, 2.45) is 0 Å². The van der Waals surface area contributed by atoms with E-state index in [0.717, 1.165) is 6.07 Å². The first-order valence-corrected chi connectivity index (χ1v) is 4.70. The van der Waals surface area contributed by atoms with Gasteiger partial charge in [0.1, 0.15) is 0 Å². The van der Waals surface area contributed by atoms with E-state index < -0.39 is 11.7 Å². The van der Waals surface area contributed by atoms with Crippen molar-refractivity contribution in [3.63, 3.8) is 0 Å². The number of alkyl halides is 3. The molecule has 1 aromatic rings. The van der Waals surface area contributed by atoms with E-state index in [-0.39, 0.29) is 22.8 Å². The van der Waals surface area contributed by atoms with Crippen LogP contribution in [0.5, 0.6) is 0 Å². The van der Waals surface area contributed by atoms with Crippen molar-refractivity contribution in [2.75, 3.05) is 0 Å². The average molecular weight is 235 g/mol. The fraction of sp³-hybridized carbons (Fsp3) is 0.300. The van der Waals surface area contributed by atoms with Crippen LogP contribution in [0.1, 0.15) is 27.9 Å². The standard InChI is InChI=1S/C10H6ClF3O/c11-8-3-5-1-2-9(15)6(5)4-7(8)10(12,13)14/h3-4H,1-2H2. The predicted octanol–water partition coefficient (Wildman–Crippen LogP) is 3.49. The summed E-state index contributed by atoms with van der Waals surface area (Å²) in [6.45, 7) is 0. The highest BCUT2D eigenvalue weighted by Gasteiger charge is 2.35. The molecule has 1 aliphatic carbocycles. The van der Waals surface area contributed by atoms with Crippen LogP contribution in [0.2, 0.25) is 5.02 Å². The molecule has 80 valence electrons. The van der Waals surface area contributed by atoms with Crippen molar-refractivity contribution in [3.8, 4) is 0 Å². The molecule has 0 radical (unpaired) electrons. The van der Waals surface area contributed by atoms with Crippen LogP contribution in [-0.2, 0) is 12.6 Å². The molecule has 0 fully saturated rings. The number of ketones is 1. The second kappa shape index (κ2) is 3.23. The first kappa shape index (κ1) is 10.5. The molecule has 0 N–H and O–H groups in total. The molecule has 1 aromatic carbocycles. The van der Waals surface area contributed by atoms with Crippen LogP contribution in [-0.4, -0.2) is 5.78 Å². The molecule has 1 nitrogen and oxygen atoms in total. The minimum Gasteiger partial charge on any atom is -0.294 e. The zero-order valence-electron chi connectivity index (χ0n) is 7.49. The molecule has 0 atom stereocenters. The maximum absolute atomic E-state index is 12.4. The van der Waals surface area contributed by atoms with E-state index in [1.165, 1.54) is 6.07 Å². The number of Topliss-reactive ketones (excluding diaryl/α,β-unsaturated/α-hetero) is 1. The summed E-state index contributed by atoms with van der Waals surface area (Å²) in [4.78, 5) is 11.2. The van der Waals surface area contributed by atoms with Crippen LogP contribution in [0.3, 0.4) is 0 Å². The van der Waals surface area contributed by atoms with Crippen molar-refractivity contribution >= 4 is 17.4 Å². The Morgan fingerprint density at radius 1 is 1.20 bits per heavy atom. The van der Waals surface area contributed by atoms with Crippen molar-refractivity contribution in [1.29, 1.82) is 0 Å². The summed E-state index contributed by atoms with van der Waals surface area (Å²) in [7, 11) is 0. The second-order valence-electron chi connectivity index (χ2n) is 3.41. The maximum Gasteiger partial charge on any atom is 0.417 e. The van der Waals surface area contributed by atoms with Crippen LogP contribution in [0.25, 0.3) is 0 Å². The van der Waals surface area contributed by atoms with Gasteiger partial charge in [0.05, 0.1) is 10.6 Å². The lowest BCUT2D eigenvalue weighted by Gasteiger charge is -2.10. The normalized spacial score (nSPS) is 15.6. The van der Waals surface area contributed by atoms with Gasteiger partial charge in [-0.15, -0.1) is 0 Å². The Labute approximate surface area is 88.8 Å². The molecule has 0 unspecified atom stereocenters. The molecule has 15 heavy (non-hydrogen) atoms. The lowest BCUT2D eigenvalue weighted by atomic mass is 10.1. The van der Waals surface area contributed by atoms with Gasteiger partial charge in [-0.2, -0.15) is 13.2 Å². The van der Waals surface area contributed by atoms with Gasteiger partial charge in [-0.25, -0.2) is 0 Å². The van der Waals surface area contributed by atoms with E-state index in [1.54, 1.807) is 0 Å². The molecule has 2 rings (SSSR count). The second-order valence-corrected chi connectivity index (χ2v) is 3.82. The topological polar surface area (TPSA) is 17.1 Å². The quantitative estimate of drug-likeness (QED) is 0.672. The number of benzene rings is 1. The fourth-order valence-corrected chi connectivity index (χ4v) is 1.97. The van der Waals surface area contributed by atoms with Crippen molar-refractivity contribution in [3.05, 3.63) is 33.8 Å². The minimum absolute atomic E-state index is 0.159. The van der Waals surface area contributed by atoms with Gasteiger partial charge in [0.2, 0.25) is 0 Å². The van der Waals surface area contributed by atoms with Gasteiger partial charge < -0.3 is 0 Å². The first-order valence-electron chi connectivity index (χ1n) is 4.32. The van der Waals surface area contributed by atoms with Crippen LogP contribution < -0.4 is 0 Å². The summed E-state index contributed by atoms with van der Waals surface area (Å²) in [6.07, 6.45) is -3.76. The number of halogens is 4. The highest BCUT2D eigenvalue weighted by Crippen LogP contribution is 2.38. The molecule has 5 heteroatoms. The summed E-state index contributed by atoms with van der Waals surface area (Å²) >= 11 is 5.51. The van der Waals surface area contributed by atoms with Crippen molar-refractivity contribution < 1.29 is 18.0 Å². The Balaban J connectivity index is 2.60. The Hall–Kier alpha value is -1.03. The van der Waals surface area contributed by atoms with E-state index in [4.69, 9.17) is 11.6 Å². The summed E-state index contributed by atoms with van der Waals surface area (Å²) < 4.78 is 37.3. The van der Waals surface area contributed by atoms with E-state index in [0.29, 0.717) is 12.0 Å². The van der Waals surface area contributed by atoms with Crippen LogP contribution in [0, 0.1) is 0 Å². The van der Waals surface area contributed by atoms with Gasteiger partial charge in [-0.3, -0.25) is 4.79 Å². The third-order valence-electron chi connectivity index (χ3n) is 2.42. The van der Waals surface area contributed by atoms with Gasteiger partial charge in [-0.05, 0) is 24.1 Å². The summed E-state index contributed by atoms with van der Waals surface area (Å²) in [5, 5.41) is -0.337. The molecule has 0 heterocycles. The van der Waals surface area contributed by atoms with E-state index in [1.807, 2.05) is 0 Å². The molecule has 0 saturated carbocycles. The molecule has 0 amide bonds.